The standard InChI is InChI=1S/C12H22N2O2/c15-8-6-12(4-5-12)9-14-11(16)3-7-13-10-1-2-10/h10,13,15H,1-9H2,(H,14,16). The highest BCUT2D eigenvalue weighted by Gasteiger charge is 2.41. The molecule has 2 saturated carbocycles. The lowest BCUT2D eigenvalue weighted by atomic mass is 10.0. The average molecular weight is 226 g/mol. The van der Waals surface area contributed by atoms with Gasteiger partial charge in [0.25, 0.3) is 0 Å². The number of nitrogens with one attached hydrogen (secondary N) is 2. The van der Waals surface area contributed by atoms with Gasteiger partial charge in [-0.3, -0.25) is 4.79 Å². The Balaban J connectivity index is 1.52. The van der Waals surface area contributed by atoms with E-state index in [4.69, 9.17) is 5.11 Å². The van der Waals surface area contributed by atoms with E-state index in [-0.39, 0.29) is 17.9 Å². The quantitative estimate of drug-likeness (QED) is 0.561. The van der Waals surface area contributed by atoms with Crippen LogP contribution in [0.15, 0.2) is 0 Å². The maximum absolute atomic E-state index is 11.5. The molecule has 0 spiro atoms. The Bertz CT molecular complexity index is 247. The van der Waals surface area contributed by atoms with Crippen LogP contribution in [-0.4, -0.2) is 36.8 Å². The summed E-state index contributed by atoms with van der Waals surface area (Å²) in [7, 11) is 0. The summed E-state index contributed by atoms with van der Waals surface area (Å²) >= 11 is 0. The summed E-state index contributed by atoms with van der Waals surface area (Å²) in [5.41, 5.74) is 0.230. The molecule has 92 valence electrons. The summed E-state index contributed by atoms with van der Waals surface area (Å²) in [6.07, 6.45) is 6.23. The third kappa shape index (κ3) is 3.76. The summed E-state index contributed by atoms with van der Waals surface area (Å²) in [6, 6.07) is 0.678. The van der Waals surface area contributed by atoms with Gasteiger partial charge in [0.05, 0.1) is 0 Å². The summed E-state index contributed by atoms with van der Waals surface area (Å²) < 4.78 is 0. The van der Waals surface area contributed by atoms with Crippen LogP contribution in [0.1, 0.15) is 38.5 Å². The molecule has 0 bridgehead atoms. The zero-order valence-corrected chi connectivity index (χ0v) is 9.80. The van der Waals surface area contributed by atoms with Crippen molar-refractivity contribution in [1.29, 1.82) is 0 Å². The first-order valence-corrected chi connectivity index (χ1v) is 6.35. The zero-order chi connectivity index (χ0) is 11.4. The minimum absolute atomic E-state index is 0.136. The van der Waals surface area contributed by atoms with Crippen molar-refractivity contribution in [2.45, 2.75) is 44.6 Å². The molecule has 2 rings (SSSR count). The van der Waals surface area contributed by atoms with E-state index in [1.54, 1.807) is 0 Å². The van der Waals surface area contributed by atoms with Crippen molar-refractivity contribution in [2.24, 2.45) is 5.41 Å². The van der Waals surface area contributed by atoms with Crippen molar-refractivity contribution in [1.82, 2.24) is 10.6 Å². The van der Waals surface area contributed by atoms with Crippen molar-refractivity contribution < 1.29 is 9.90 Å². The maximum Gasteiger partial charge on any atom is 0.221 e. The second-order valence-electron chi connectivity index (χ2n) is 5.23. The number of rotatable bonds is 8. The molecule has 1 amide bonds. The van der Waals surface area contributed by atoms with Gasteiger partial charge in [-0.2, -0.15) is 0 Å². The highest BCUT2D eigenvalue weighted by molar-refractivity contribution is 5.76. The Morgan fingerprint density at radius 1 is 1.38 bits per heavy atom. The van der Waals surface area contributed by atoms with Crippen LogP contribution in [-0.2, 0) is 4.79 Å². The van der Waals surface area contributed by atoms with Gasteiger partial charge in [0.15, 0.2) is 0 Å². The fourth-order valence-electron chi connectivity index (χ4n) is 1.98. The molecule has 2 aliphatic carbocycles. The molecule has 0 aromatic carbocycles. The minimum atomic E-state index is 0.136. The molecule has 4 nitrogen and oxygen atoms in total. The monoisotopic (exact) mass is 226 g/mol. The van der Waals surface area contributed by atoms with Crippen molar-refractivity contribution >= 4 is 5.91 Å². The molecule has 16 heavy (non-hydrogen) atoms. The fraction of sp³-hybridized carbons (Fsp3) is 0.917. The van der Waals surface area contributed by atoms with Gasteiger partial charge >= 0.3 is 0 Å². The first-order valence-electron chi connectivity index (χ1n) is 6.35. The van der Waals surface area contributed by atoms with Crippen molar-refractivity contribution in [3.63, 3.8) is 0 Å². The van der Waals surface area contributed by atoms with E-state index in [2.05, 4.69) is 10.6 Å². The molecular weight excluding hydrogens is 204 g/mol. The van der Waals surface area contributed by atoms with Crippen molar-refractivity contribution in [2.75, 3.05) is 19.7 Å². The second-order valence-corrected chi connectivity index (χ2v) is 5.23. The third-order valence-electron chi connectivity index (χ3n) is 3.62. The van der Waals surface area contributed by atoms with E-state index in [1.807, 2.05) is 0 Å². The predicted molar refractivity (Wildman–Crippen MR) is 62.0 cm³/mol. The number of hydrogen-bond acceptors (Lipinski definition) is 3. The Morgan fingerprint density at radius 2 is 2.12 bits per heavy atom. The molecule has 4 heteroatoms. The van der Waals surface area contributed by atoms with Gasteiger partial charge < -0.3 is 15.7 Å². The summed E-state index contributed by atoms with van der Waals surface area (Å²) in [5, 5.41) is 15.2. The molecule has 0 heterocycles. The molecule has 0 aromatic heterocycles. The normalized spacial score (nSPS) is 21.8. The predicted octanol–water partition coefficient (Wildman–Crippen LogP) is 0.407. The maximum atomic E-state index is 11.5. The molecular formula is C12H22N2O2. The van der Waals surface area contributed by atoms with Gasteiger partial charge in [-0.15, -0.1) is 0 Å². The van der Waals surface area contributed by atoms with E-state index in [0.29, 0.717) is 12.5 Å². The van der Waals surface area contributed by atoms with Gasteiger partial charge in [-0.05, 0) is 37.5 Å². The highest BCUT2D eigenvalue weighted by Crippen LogP contribution is 2.47. The number of amides is 1. The van der Waals surface area contributed by atoms with Gasteiger partial charge in [-0.1, -0.05) is 0 Å². The molecule has 0 aliphatic heterocycles. The molecule has 0 radical (unpaired) electrons. The summed E-state index contributed by atoms with van der Waals surface area (Å²) in [4.78, 5) is 11.5. The number of hydrogen-bond donors (Lipinski definition) is 3. The van der Waals surface area contributed by atoms with E-state index in [0.717, 1.165) is 32.4 Å². The van der Waals surface area contributed by atoms with Crippen LogP contribution in [0.2, 0.25) is 0 Å². The number of carbonyl (C=O) groups excluding carboxylic acids is 1. The van der Waals surface area contributed by atoms with E-state index >= 15 is 0 Å². The summed E-state index contributed by atoms with van der Waals surface area (Å²) in [6.45, 7) is 1.78. The smallest absolute Gasteiger partial charge is 0.221 e. The van der Waals surface area contributed by atoms with E-state index in [1.165, 1.54) is 12.8 Å². The number of aliphatic hydroxyl groups is 1. The van der Waals surface area contributed by atoms with Crippen LogP contribution in [0.4, 0.5) is 0 Å². The third-order valence-corrected chi connectivity index (χ3v) is 3.62. The van der Waals surface area contributed by atoms with Crippen LogP contribution in [0.25, 0.3) is 0 Å². The molecule has 0 saturated heterocycles. The number of carbonyl (C=O) groups is 1. The Labute approximate surface area is 96.8 Å². The largest absolute Gasteiger partial charge is 0.396 e. The van der Waals surface area contributed by atoms with Gasteiger partial charge in [0.1, 0.15) is 0 Å². The lowest BCUT2D eigenvalue weighted by Crippen LogP contribution is -2.33. The topological polar surface area (TPSA) is 61.4 Å². The van der Waals surface area contributed by atoms with Crippen molar-refractivity contribution in [3.05, 3.63) is 0 Å². The average Bonchev–Trinajstić information content (AvgIpc) is 3.12. The lowest BCUT2D eigenvalue weighted by molar-refractivity contribution is -0.121. The molecule has 0 unspecified atom stereocenters. The van der Waals surface area contributed by atoms with Crippen LogP contribution in [0.3, 0.4) is 0 Å². The molecule has 2 fully saturated rings. The van der Waals surface area contributed by atoms with Crippen molar-refractivity contribution in [3.8, 4) is 0 Å². The van der Waals surface area contributed by atoms with E-state index < -0.39 is 0 Å². The minimum Gasteiger partial charge on any atom is -0.396 e. The van der Waals surface area contributed by atoms with Gasteiger partial charge in [0.2, 0.25) is 5.91 Å². The van der Waals surface area contributed by atoms with Gasteiger partial charge in [0, 0.05) is 32.2 Å². The first-order chi connectivity index (χ1) is 7.74. The molecule has 0 atom stereocenters. The first kappa shape index (κ1) is 11.9. The Morgan fingerprint density at radius 3 is 2.69 bits per heavy atom. The lowest BCUT2D eigenvalue weighted by Gasteiger charge is -2.14. The summed E-state index contributed by atoms with van der Waals surface area (Å²) in [5.74, 6) is 0.136. The Hall–Kier alpha value is -0.610. The SMILES string of the molecule is O=C(CCNC1CC1)NCC1(CCO)CC1. The zero-order valence-electron chi connectivity index (χ0n) is 9.80. The van der Waals surface area contributed by atoms with E-state index in [9.17, 15) is 4.79 Å². The Kier molecular flexibility index (Phi) is 3.82. The van der Waals surface area contributed by atoms with Crippen LogP contribution in [0, 0.1) is 5.41 Å². The number of aliphatic hydroxyl groups excluding tert-OH is 1. The molecule has 3 N–H and O–H groups in total. The second kappa shape index (κ2) is 5.15. The van der Waals surface area contributed by atoms with Gasteiger partial charge in [-0.25, -0.2) is 0 Å². The molecule has 2 aliphatic rings. The fourth-order valence-corrected chi connectivity index (χ4v) is 1.98. The van der Waals surface area contributed by atoms with Crippen LogP contribution < -0.4 is 10.6 Å². The highest BCUT2D eigenvalue weighted by atomic mass is 16.3. The van der Waals surface area contributed by atoms with Crippen LogP contribution >= 0.6 is 0 Å². The van der Waals surface area contributed by atoms with Crippen LogP contribution in [0.5, 0.6) is 0 Å². The molecule has 0 aromatic rings.